The van der Waals surface area contributed by atoms with Crippen molar-refractivity contribution in [2.24, 2.45) is 7.05 Å². The van der Waals surface area contributed by atoms with Crippen LogP contribution in [0.5, 0.6) is 11.5 Å². The molecule has 0 fully saturated rings. The van der Waals surface area contributed by atoms with Gasteiger partial charge in [0.1, 0.15) is 18.1 Å². The standard InChI is InChI=1S/C31H31N3O4.2ClH/c1-5-37-31(36)29-26(19-38-27-14-8-11-20-10-6-7-13-22(20)27)34(4)25-16-23(21-12-9-15-32-17-21)30(35)24(28(25)29)18-33(2)3;;/h6-17,35H,5,18-19H2,1-4H3;2*1H. The number of hydrogen-bond acceptors (Lipinski definition) is 6. The summed E-state index contributed by atoms with van der Waals surface area (Å²) in [6.45, 7) is 2.60. The lowest BCUT2D eigenvalue weighted by molar-refractivity contribution is 0.0525. The van der Waals surface area contributed by atoms with Crippen LogP contribution in [0.15, 0.2) is 73.1 Å². The number of aromatic hydroxyl groups is 1. The van der Waals surface area contributed by atoms with E-state index in [2.05, 4.69) is 4.98 Å². The van der Waals surface area contributed by atoms with Crippen LogP contribution in [-0.2, 0) is 24.9 Å². The van der Waals surface area contributed by atoms with Gasteiger partial charge in [-0.2, -0.15) is 0 Å². The molecule has 2 heterocycles. The third kappa shape index (κ3) is 5.72. The average molecular weight is 583 g/mol. The van der Waals surface area contributed by atoms with Crippen LogP contribution >= 0.6 is 24.8 Å². The van der Waals surface area contributed by atoms with E-state index in [1.807, 2.05) is 91.3 Å². The van der Waals surface area contributed by atoms with Crippen LogP contribution in [0.25, 0.3) is 32.8 Å². The predicted octanol–water partition coefficient (Wildman–Crippen LogP) is 6.76. The number of aromatic nitrogens is 2. The van der Waals surface area contributed by atoms with Crippen molar-refractivity contribution in [3.63, 3.8) is 0 Å². The minimum atomic E-state index is -0.442. The van der Waals surface area contributed by atoms with E-state index in [0.29, 0.717) is 34.3 Å². The van der Waals surface area contributed by atoms with Gasteiger partial charge in [-0.1, -0.05) is 42.5 Å². The Hall–Kier alpha value is -3.78. The van der Waals surface area contributed by atoms with Gasteiger partial charge in [0, 0.05) is 53.4 Å². The molecule has 1 N–H and O–H groups in total. The highest BCUT2D eigenvalue weighted by Gasteiger charge is 2.28. The third-order valence-corrected chi connectivity index (χ3v) is 6.73. The van der Waals surface area contributed by atoms with Crippen LogP contribution in [0, 0.1) is 0 Å². The molecule has 7 nitrogen and oxygen atoms in total. The van der Waals surface area contributed by atoms with Gasteiger partial charge in [-0.05, 0) is 44.6 Å². The van der Waals surface area contributed by atoms with Crippen molar-refractivity contribution in [3.8, 4) is 22.6 Å². The lowest BCUT2D eigenvalue weighted by atomic mass is 9.96. The number of fused-ring (bicyclic) bond motifs is 2. The number of benzene rings is 3. The van der Waals surface area contributed by atoms with Crippen molar-refractivity contribution in [3.05, 3.63) is 89.9 Å². The maximum absolute atomic E-state index is 13.4. The Morgan fingerprint density at radius 3 is 2.50 bits per heavy atom. The maximum atomic E-state index is 13.4. The van der Waals surface area contributed by atoms with E-state index in [9.17, 15) is 9.90 Å². The molecule has 3 aromatic carbocycles. The maximum Gasteiger partial charge on any atom is 0.340 e. The third-order valence-electron chi connectivity index (χ3n) is 6.73. The summed E-state index contributed by atoms with van der Waals surface area (Å²) in [6, 6.07) is 19.6. The molecule has 0 saturated carbocycles. The zero-order valence-electron chi connectivity index (χ0n) is 22.9. The SMILES string of the molecule is CCOC(=O)c1c(COc2cccc3ccccc23)n(C)c2cc(-c3cccnc3)c(O)c(CN(C)C)c12.Cl.Cl. The summed E-state index contributed by atoms with van der Waals surface area (Å²) in [4.78, 5) is 19.6. The minimum Gasteiger partial charge on any atom is -0.507 e. The second-order valence-electron chi connectivity index (χ2n) is 9.49. The number of ether oxygens (including phenoxy) is 2. The number of hydrogen-bond donors (Lipinski definition) is 1. The molecule has 5 aromatic rings. The van der Waals surface area contributed by atoms with Crippen LogP contribution in [0.3, 0.4) is 0 Å². The summed E-state index contributed by atoms with van der Waals surface area (Å²) in [6.07, 6.45) is 3.42. The first-order valence-electron chi connectivity index (χ1n) is 12.6. The highest BCUT2D eigenvalue weighted by atomic mass is 35.5. The van der Waals surface area contributed by atoms with E-state index in [0.717, 1.165) is 27.6 Å². The molecule has 0 radical (unpaired) electrons. The number of esters is 1. The number of carbonyl (C=O) groups excluding carboxylic acids is 1. The number of aryl methyl sites for hydroxylation is 1. The number of rotatable bonds is 8. The van der Waals surface area contributed by atoms with Crippen LogP contribution < -0.4 is 4.74 Å². The summed E-state index contributed by atoms with van der Waals surface area (Å²) in [7, 11) is 5.77. The highest BCUT2D eigenvalue weighted by molar-refractivity contribution is 6.09. The van der Waals surface area contributed by atoms with E-state index in [1.165, 1.54) is 0 Å². The molecule has 2 aromatic heterocycles. The normalized spacial score (nSPS) is 10.8. The van der Waals surface area contributed by atoms with Crippen molar-refractivity contribution < 1.29 is 19.4 Å². The van der Waals surface area contributed by atoms with E-state index in [4.69, 9.17) is 9.47 Å². The first kappa shape index (κ1) is 30.8. The molecule has 40 heavy (non-hydrogen) atoms. The van der Waals surface area contributed by atoms with Crippen molar-refractivity contribution in [2.45, 2.75) is 20.1 Å². The zero-order chi connectivity index (χ0) is 26.8. The van der Waals surface area contributed by atoms with Crippen molar-refractivity contribution in [1.29, 1.82) is 0 Å². The summed E-state index contributed by atoms with van der Waals surface area (Å²) in [5.41, 5.74) is 3.99. The summed E-state index contributed by atoms with van der Waals surface area (Å²) < 4.78 is 13.8. The molecule has 0 saturated heterocycles. The quantitative estimate of drug-likeness (QED) is 0.204. The Bertz CT molecular complexity index is 1630. The van der Waals surface area contributed by atoms with Crippen LogP contribution in [0.4, 0.5) is 0 Å². The Kier molecular flexibility index (Phi) is 10.0. The lowest BCUT2D eigenvalue weighted by Gasteiger charge is -2.17. The second-order valence-corrected chi connectivity index (χ2v) is 9.49. The van der Waals surface area contributed by atoms with E-state index >= 15 is 0 Å². The number of phenolic OH excluding ortho intramolecular Hbond substituents is 1. The second kappa shape index (κ2) is 13.0. The van der Waals surface area contributed by atoms with Gasteiger partial charge in [0.05, 0.1) is 23.4 Å². The Balaban J connectivity index is 0.00000220. The van der Waals surface area contributed by atoms with Gasteiger partial charge in [-0.15, -0.1) is 24.8 Å². The highest BCUT2D eigenvalue weighted by Crippen LogP contribution is 2.42. The van der Waals surface area contributed by atoms with Crippen LogP contribution in [-0.4, -0.2) is 46.2 Å². The Morgan fingerprint density at radius 2 is 1.80 bits per heavy atom. The first-order chi connectivity index (χ1) is 18.4. The summed E-state index contributed by atoms with van der Waals surface area (Å²) >= 11 is 0. The molecule has 0 amide bonds. The van der Waals surface area contributed by atoms with E-state index < -0.39 is 5.97 Å². The summed E-state index contributed by atoms with van der Waals surface area (Å²) in [5.74, 6) is 0.413. The van der Waals surface area contributed by atoms with E-state index in [1.54, 1.807) is 19.3 Å². The molecular weight excluding hydrogens is 549 g/mol. The Morgan fingerprint density at radius 1 is 1.05 bits per heavy atom. The summed E-state index contributed by atoms with van der Waals surface area (Å²) in [5, 5.41) is 14.2. The molecular formula is C31H33Cl2N3O4. The van der Waals surface area contributed by atoms with Gasteiger partial charge in [0.2, 0.25) is 0 Å². The Labute approximate surface area is 246 Å². The molecule has 0 atom stereocenters. The number of halogens is 2. The molecule has 5 rings (SSSR count). The van der Waals surface area contributed by atoms with Crippen molar-refractivity contribution in [2.75, 3.05) is 20.7 Å². The van der Waals surface area contributed by atoms with Gasteiger partial charge in [-0.3, -0.25) is 4.98 Å². The van der Waals surface area contributed by atoms with Gasteiger partial charge >= 0.3 is 5.97 Å². The number of phenols is 1. The number of carbonyl (C=O) groups is 1. The molecule has 210 valence electrons. The molecule has 0 spiro atoms. The van der Waals surface area contributed by atoms with Gasteiger partial charge < -0.3 is 24.0 Å². The molecule has 9 heteroatoms. The molecule has 0 aliphatic heterocycles. The topological polar surface area (TPSA) is 76.8 Å². The fraction of sp³-hybridized carbons (Fsp3) is 0.226. The molecule has 0 unspecified atom stereocenters. The van der Waals surface area contributed by atoms with Gasteiger partial charge in [0.25, 0.3) is 0 Å². The van der Waals surface area contributed by atoms with Crippen LogP contribution in [0.2, 0.25) is 0 Å². The predicted molar refractivity (Wildman–Crippen MR) is 164 cm³/mol. The largest absolute Gasteiger partial charge is 0.507 e. The molecule has 0 bridgehead atoms. The van der Waals surface area contributed by atoms with Gasteiger partial charge in [0.15, 0.2) is 0 Å². The lowest BCUT2D eigenvalue weighted by Crippen LogP contribution is -2.14. The monoisotopic (exact) mass is 581 g/mol. The molecule has 0 aliphatic carbocycles. The zero-order valence-corrected chi connectivity index (χ0v) is 24.5. The van der Waals surface area contributed by atoms with Crippen LogP contribution in [0.1, 0.15) is 28.5 Å². The first-order valence-corrected chi connectivity index (χ1v) is 12.6. The van der Waals surface area contributed by atoms with Gasteiger partial charge in [-0.25, -0.2) is 4.79 Å². The van der Waals surface area contributed by atoms with Crippen molar-refractivity contribution >= 4 is 52.5 Å². The van der Waals surface area contributed by atoms with E-state index in [-0.39, 0.29) is 43.8 Å². The number of nitrogens with zero attached hydrogens (tertiary/aromatic N) is 3. The van der Waals surface area contributed by atoms with Crippen molar-refractivity contribution in [1.82, 2.24) is 14.5 Å². The fourth-order valence-corrected chi connectivity index (χ4v) is 4.99. The fourth-order valence-electron chi connectivity index (χ4n) is 4.99. The average Bonchev–Trinajstić information content (AvgIpc) is 3.20. The smallest absolute Gasteiger partial charge is 0.340 e. The number of pyridine rings is 1. The molecule has 0 aliphatic rings. The minimum absolute atomic E-state index is 0.